The van der Waals surface area contributed by atoms with Crippen LogP contribution >= 0.6 is 11.3 Å². The number of esters is 1. The summed E-state index contributed by atoms with van der Waals surface area (Å²) in [7, 11) is 0. The van der Waals surface area contributed by atoms with Gasteiger partial charge in [-0.25, -0.2) is 9.78 Å². The van der Waals surface area contributed by atoms with E-state index in [1.54, 1.807) is 13.8 Å². The van der Waals surface area contributed by atoms with E-state index in [9.17, 15) is 9.59 Å². The van der Waals surface area contributed by atoms with E-state index in [4.69, 9.17) is 4.74 Å². The SMILES string of the molecule is CCOC(=O)c1sc(NC(=O)CC(c2ccccc2)c2ccccc2)nc1C. The number of benzene rings is 2. The number of anilines is 1. The van der Waals surface area contributed by atoms with Gasteiger partial charge in [-0.1, -0.05) is 72.0 Å². The van der Waals surface area contributed by atoms with E-state index in [2.05, 4.69) is 10.3 Å². The van der Waals surface area contributed by atoms with Crippen molar-refractivity contribution in [3.05, 3.63) is 82.4 Å². The molecule has 144 valence electrons. The van der Waals surface area contributed by atoms with Crippen molar-refractivity contribution in [1.82, 2.24) is 4.98 Å². The van der Waals surface area contributed by atoms with Crippen LogP contribution in [-0.4, -0.2) is 23.5 Å². The average molecular weight is 394 g/mol. The van der Waals surface area contributed by atoms with Crippen molar-refractivity contribution < 1.29 is 14.3 Å². The largest absolute Gasteiger partial charge is 0.462 e. The van der Waals surface area contributed by atoms with E-state index in [-0.39, 0.29) is 18.2 Å². The first-order valence-electron chi connectivity index (χ1n) is 9.12. The second-order valence-corrected chi connectivity index (χ2v) is 7.28. The number of thiazole rings is 1. The Morgan fingerprint density at radius 1 is 1.04 bits per heavy atom. The van der Waals surface area contributed by atoms with Crippen LogP contribution in [0.2, 0.25) is 0 Å². The molecule has 6 heteroatoms. The first-order chi connectivity index (χ1) is 13.6. The van der Waals surface area contributed by atoms with Gasteiger partial charge in [0.15, 0.2) is 5.13 Å². The number of ether oxygens (including phenoxy) is 1. The summed E-state index contributed by atoms with van der Waals surface area (Å²) in [6, 6.07) is 19.9. The summed E-state index contributed by atoms with van der Waals surface area (Å²) in [6.45, 7) is 3.78. The minimum atomic E-state index is -0.413. The second kappa shape index (κ2) is 9.28. The molecule has 0 spiro atoms. The standard InChI is InChI=1S/C22H22N2O3S/c1-3-27-21(26)20-15(2)23-22(28-20)24-19(25)14-18(16-10-6-4-7-11-16)17-12-8-5-9-13-17/h4-13,18H,3,14H2,1-2H3,(H,23,24,25). The molecule has 1 amide bonds. The van der Waals surface area contributed by atoms with E-state index in [0.29, 0.717) is 22.3 Å². The smallest absolute Gasteiger partial charge is 0.350 e. The van der Waals surface area contributed by atoms with Crippen LogP contribution < -0.4 is 5.32 Å². The van der Waals surface area contributed by atoms with E-state index in [0.717, 1.165) is 22.5 Å². The molecule has 0 bridgehead atoms. The first kappa shape index (κ1) is 19.8. The Balaban J connectivity index is 1.76. The van der Waals surface area contributed by atoms with E-state index < -0.39 is 5.97 Å². The number of carbonyl (C=O) groups is 2. The number of hydrogen-bond acceptors (Lipinski definition) is 5. The summed E-state index contributed by atoms with van der Waals surface area (Å²) in [5.74, 6) is -0.626. The molecular formula is C22H22N2O3S. The van der Waals surface area contributed by atoms with Crippen molar-refractivity contribution in [3.8, 4) is 0 Å². The fourth-order valence-corrected chi connectivity index (χ4v) is 3.87. The third-order valence-corrected chi connectivity index (χ3v) is 5.35. The first-order valence-corrected chi connectivity index (χ1v) is 9.94. The Morgan fingerprint density at radius 3 is 2.14 bits per heavy atom. The molecule has 1 aromatic heterocycles. The Labute approximate surface area is 168 Å². The highest BCUT2D eigenvalue weighted by Crippen LogP contribution is 2.29. The Morgan fingerprint density at radius 2 is 1.61 bits per heavy atom. The number of rotatable bonds is 7. The zero-order chi connectivity index (χ0) is 19.9. The molecule has 0 atom stereocenters. The highest BCUT2D eigenvalue weighted by atomic mass is 32.1. The molecule has 0 radical (unpaired) electrons. The average Bonchev–Trinajstić information content (AvgIpc) is 3.07. The maximum atomic E-state index is 12.7. The summed E-state index contributed by atoms with van der Waals surface area (Å²) in [5.41, 5.74) is 2.71. The van der Waals surface area contributed by atoms with Crippen LogP contribution in [0.25, 0.3) is 0 Å². The predicted octanol–water partition coefficient (Wildman–Crippen LogP) is 4.79. The summed E-state index contributed by atoms with van der Waals surface area (Å²) < 4.78 is 5.03. The maximum Gasteiger partial charge on any atom is 0.350 e. The van der Waals surface area contributed by atoms with Gasteiger partial charge >= 0.3 is 5.97 Å². The molecule has 3 aromatic rings. The van der Waals surface area contributed by atoms with Gasteiger partial charge in [0.1, 0.15) is 4.88 Å². The fourth-order valence-electron chi connectivity index (χ4n) is 2.99. The van der Waals surface area contributed by atoms with Gasteiger partial charge in [0.05, 0.1) is 12.3 Å². The minimum absolute atomic E-state index is 0.0620. The molecule has 1 heterocycles. The number of nitrogens with one attached hydrogen (secondary N) is 1. The van der Waals surface area contributed by atoms with Gasteiger partial charge in [-0.2, -0.15) is 0 Å². The summed E-state index contributed by atoms with van der Waals surface area (Å²) in [6.07, 6.45) is 0.279. The lowest BCUT2D eigenvalue weighted by atomic mass is 9.88. The van der Waals surface area contributed by atoms with Crippen LogP contribution in [0.1, 0.15) is 45.8 Å². The van der Waals surface area contributed by atoms with Gasteiger partial charge in [0.2, 0.25) is 5.91 Å². The lowest BCUT2D eigenvalue weighted by Crippen LogP contribution is -2.16. The lowest BCUT2D eigenvalue weighted by Gasteiger charge is -2.17. The Bertz CT molecular complexity index is 899. The molecule has 0 aliphatic heterocycles. The number of carbonyl (C=O) groups excluding carboxylic acids is 2. The Kier molecular flexibility index (Phi) is 6.55. The number of amides is 1. The van der Waals surface area contributed by atoms with Crippen LogP contribution in [0.4, 0.5) is 5.13 Å². The topological polar surface area (TPSA) is 68.3 Å². The number of aryl methyl sites for hydroxylation is 1. The highest BCUT2D eigenvalue weighted by Gasteiger charge is 2.21. The molecule has 5 nitrogen and oxygen atoms in total. The summed E-state index contributed by atoms with van der Waals surface area (Å²) >= 11 is 1.14. The van der Waals surface area contributed by atoms with Crippen molar-refractivity contribution in [2.75, 3.05) is 11.9 Å². The second-order valence-electron chi connectivity index (χ2n) is 6.28. The lowest BCUT2D eigenvalue weighted by molar-refractivity contribution is -0.116. The summed E-state index contributed by atoms with van der Waals surface area (Å²) in [4.78, 5) is 29.4. The number of aromatic nitrogens is 1. The van der Waals surface area contributed by atoms with Gasteiger partial charge in [0.25, 0.3) is 0 Å². The van der Waals surface area contributed by atoms with Gasteiger partial charge < -0.3 is 10.1 Å². The van der Waals surface area contributed by atoms with E-state index >= 15 is 0 Å². The van der Waals surface area contributed by atoms with Crippen molar-refractivity contribution in [2.24, 2.45) is 0 Å². The van der Waals surface area contributed by atoms with Crippen molar-refractivity contribution in [3.63, 3.8) is 0 Å². The molecule has 2 aromatic carbocycles. The molecule has 0 saturated heterocycles. The molecule has 0 aliphatic rings. The zero-order valence-electron chi connectivity index (χ0n) is 15.8. The highest BCUT2D eigenvalue weighted by molar-refractivity contribution is 7.17. The van der Waals surface area contributed by atoms with Crippen molar-refractivity contribution >= 4 is 28.3 Å². The molecule has 0 fully saturated rings. The van der Waals surface area contributed by atoms with Crippen molar-refractivity contribution in [2.45, 2.75) is 26.2 Å². The Hall–Kier alpha value is -2.99. The fraction of sp³-hybridized carbons (Fsp3) is 0.227. The van der Waals surface area contributed by atoms with Crippen LogP contribution in [0.5, 0.6) is 0 Å². The third kappa shape index (κ3) is 4.84. The van der Waals surface area contributed by atoms with E-state index in [1.807, 2.05) is 60.7 Å². The summed E-state index contributed by atoms with van der Waals surface area (Å²) in [5, 5.41) is 3.24. The molecule has 3 rings (SSSR count). The van der Waals surface area contributed by atoms with Gasteiger partial charge in [0, 0.05) is 12.3 Å². The number of nitrogens with zero attached hydrogens (tertiary/aromatic N) is 1. The van der Waals surface area contributed by atoms with Gasteiger partial charge in [-0.3, -0.25) is 4.79 Å². The molecule has 1 N–H and O–H groups in total. The molecule has 0 unspecified atom stereocenters. The van der Waals surface area contributed by atoms with E-state index in [1.165, 1.54) is 0 Å². The molecule has 0 aliphatic carbocycles. The van der Waals surface area contributed by atoms with Gasteiger partial charge in [-0.05, 0) is 25.0 Å². The molecule has 28 heavy (non-hydrogen) atoms. The van der Waals surface area contributed by atoms with Crippen LogP contribution in [0, 0.1) is 6.92 Å². The monoisotopic (exact) mass is 394 g/mol. The predicted molar refractivity (Wildman–Crippen MR) is 111 cm³/mol. The van der Waals surface area contributed by atoms with Crippen molar-refractivity contribution in [1.29, 1.82) is 0 Å². The third-order valence-electron chi connectivity index (χ3n) is 4.30. The van der Waals surface area contributed by atoms with Crippen LogP contribution in [0.15, 0.2) is 60.7 Å². The van der Waals surface area contributed by atoms with Gasteiger partial charge in [-0.15, -0.1) is 0 Å². The number of hydrogen-bond donors (Lipinski definition) is 1. The molecule has 0 saturated carbocycles. The normalized spacial score (nSPS) is 10.7. The van der Waals surface area contributed by atoms with Crippen LogP contribution in [0.3, 0.4) is 0 Å². The quantitative estimate of drug-likeness (QED) is 0.585. The van der Waals surface area contributed by atoms with Crippen LogP contribution in [-0.2, 0) is 9.53 Å². The minimum Gasteiger partial charge on any atom is -0.462 e. The molecular weight excluding hydrogens is 372 g/mol. The maximum absolute atomic E-state index is 12.7. The zero-order valence-corrected chi connectivity index (χ0v) is 16.7.